The molecule has 0 aromatic heterocycles. The van der Waals surface area contributed by atoms with Crippen molar-refractivity contribution >= 4 is 29.8 Å². The van der Waals surface area contributed by atoms with Gasteiger partial charge in [0, 0.05) is 25.4 Å². The Hall–Kier alpha value is -3.28. The molecule has 230 valence electrons. The van der Waals surface area contributed by atoms with Crippen LogP contribution in [0.15, 0.2) is 30.3 Å². The molecule has 0 radical (unpaired) electrons. The summed E-state index contributed by atoms with van der Waals surface area (Å²) in [5.41, 5.74) is -0.609. The third kappa shape index (κ3) is 14.8. The van der Waals surface area contributed by atoms with Crippen molar-refractivity contribution in [2.75, 3.05) is 13.6 Å². The molecule has 0 aliphatic heterocycles. The lowest BCUT2D eigenvalue weighted by molar-refractivity contribution is -0.157. The van der Waals surface area contributed by atoms with Crippen molar-refractivity contribution in [2.24, 2.45) is 5.41 Å². The van der Waals surface area contributed by atoms with E-state index in [1.165, 1.54) is 37.1 Å². The monoisotopic (exact) mass is 584 g/mol. The average Bonchev–Trinajstić information content (AvgIpc) is 3.73. The fraction of sp³-hybridized carbons (Fsp3) is 0.621. The second kappa shape index (κ2) is 16.9. The van der Waals surface area contributed by atoms with Crippen molar-refractivity contribution in [3.05, 3.63) is 35.9 Å². The fourth-order valence-electron chi connectivity index (χ4n) is 3.94. The van der Waals surface area contributed by atoms with Crippen LogP contribution in [0.3, 0.4) is 0 Å². The van der Waals surface area contributed by atoms with Crippen LogP contribution in [-0.2, 0) is 24.0 Å². The van der Waals surface area contributed by atoms with Gasteiger partial charge >= 0.3 is 6.18 Å². The molecular weight excluding hydrogens is 541 g/mol. The standard InChI is InChI=1S/C25H34F3N3O5.C4H9N/c1-5-29-21(34)12-11-18(20(33)15-32)31-23(36)19(14-24(2,3)4)30-22(35)13-17(25(26,27)28)16-9-7-6-8-10-16;1-5-4-2-3-4/h6-10,15,17-19H,5,11-14H2,1-4H3,(H,29,34)(H,30,35)(H,31,36);4-5H,2-3H2,1H3. The van der Waals surface area contributed by atoms with E-state index in [9.17, 15) is 37.1 Å². The first-order valence-corrected chi connectivity index (χ1v) is 13.8. The molecule has 1 aliphatic rings. The summed E-state index contributed by atoms with van der Waals surface area (Å²) in [5.74, 6) is -5.24. The number of amides is 3. The molecule has 3 atom stereocenters. The SMILES string of the molecule is CCNC(=O)CCC(NC(=O)C(CC(C)(C)C)NC(=O)CC(c1ccccc1)C(F)(F)F)C(=O)C=O.CNC1CC1. The van der Waals surface area contributed by atoms with Gasteiger partial charge in [-0.25, -0.2) is 0 Å². The van der Waals surface area contributed by atoms with Crippen molar-refractivity contribution in [3.63, 3.8) is 0 Å². The highest BCUT2D eigenvalue weighted by Gasteiger charge is 2.42. The average molecular weight is 585 g/mol. The molecule has 2 rings (SSSR count). The molecule has 3 amide bonds. The lowest BCUT2D eigenvalue weighted by Gasteiger charge is -2.28. The van der Waals surface area contributed by atoms with E-state index in [4.69, 9.17) is 0 Å². The topological polar surface area (TPSA) is 133 Å². The molecule has 0 bridgehead atoms. The van der Waals surface area contributed by atoms with E-state index in [1.807, 2.05) is 7.05 Å². The van der Waals surface area contributed by atoms with Gasteiger partial charge in [0.25, 0.3) is 0 Å². The minimum Gasteiger partial charge on any atom is -0.356 e. The summed E-state index contributed by atoms with van der Waals surface area (Å²) in [7, 11) is 2.01. The fourth-order valence-corrected chi connectivity index (χ4v) is 3.94. The Balaban J connectivity index is 0.00000150. The van der Waals surface area contributed by atoms with Gasteiger partial charge in [0.05, 0.1) is 12.0 Å². The van der Waals surface area contributed by atoms with Gasteiger partial charge in [0.1, 0.15) is 6.04 Å². The van der Waals surface area contributed by atoms with Crippen LogP contribution in [0.2, 0.25) is 0 Å². The van der Waals surface area contributed by atoms with Crippen LogP contribution in [-0.4, -0.2) is 67.7 Å². The summed E-state index contributed by atoms with van der Waals surface area (Å²) in [5, 5.41) is 10.4. The van der Waals surface area contributed by atoms with Gasteiger partial charge in [-0.15, -0.1) is 0 Å². The maximum absolute atomic E-state index is 13.7. The molecule has 9 nitrogen and oxygen atoms in total. The van der Waals surface area contributed by atoms with Crippen LogP contribution in [0.5, 0.6) is 0 Å². The minimum atomic E-state index is -4.69. The minimum absolute atomic E-state index is 0.0216. The number of ketones is 1. The summed E-state index contributed by atoms with van der Waals surface area (Å²) in [6.45, 7) is 7.37. The Bertz CT molecular complexity index is 1010. The highest BCUT2D eigenvalue weighted by molar-refractivity contribution is 6.28. The van der Waals surface area contributed by atoms with Gasteiger partial charge in [-0.2, -0.15) is 13.2 Å². The number of halogens is 3. The molecule has 1 aromatic rings. The number of Topliss-reactive ketones (excluding diaryl/α,β-unsaturated/α-hetero) is 1. The van der Waals surface area contributed by atoms with Gasteiger partial charge in [-0.05, 0) is 50.6 Å². The Kier molecular flexibility index (Phi) is 14.7. The third-order valence-corrected chi connectivity index (χ3v) is 6.25. The molecule has 1 fully saturated rings. The number of benzene rings is 1. The van der Waals surface area contributed by atoms with Crippen molar-refractivity contribution in [2.45, 2.75) is 96.4 Å². The molecule has 0 saturated heterocycles. The van der Waals surface area contributed by atoms with Crippen molar-refractivity contribution < 1.29 is 37.1 Å². The van der Waals surface area contributed by atoms with Gasteiger partial charge in [-0.3, -0.25) is 24.0 Å². The van der Waals surface area contributed by atoms with Crippen LogP contribution in [0.25, 0.3) is 0 Å². The van der Waals surface area contributed by atoms with Gasteiger partial charge in [-0.1, -0.05) is 51.1 Å². The quantitative estimate of drug-likeness (QED) is 0.196. The molecule has 0 heterocycles. The second-order valence-corrected chi connectivity index (χ2v) is 11.2. The van der Waals surface area contributed by atoms with Gasteiger partial charge in [0.15, 0.2) is 6.29 Å². The summed E-state index contributed by atoms with van der Waals surface area (Å²) in [6, 6.07) is 5.28. The molecule has 1 aromatic carbocycles. The molecule has 12 heteroatoms. The van der Waals surface area contributed by atoms with Crippen LogP contribution in [0.4, 0.5) is 13.2 Å². The Morgan fingerprint density at radius 2 is 1.59 bits per heavy atom. The van der Waals surface area contributed by atoms with E-state index in [1.54, 1.807) is 33.8 Å². The number of hydrogen-bond acceptors (Lipinski definition) is 6. The van der Waals surface area contributed by atoms with Crippen molar-refractivity contribution in [1.29, 1.82) is 0 Å². The third-order valence-electron chi connectivity index (χ3n) is 6.25. The van der Waals surface area contributed by atoms with E-state index >= 15 is 0 Å². The first kappa shape index (κ1) is 35.7. The van der Waals surface area contributed by atoms with Crippen molar-refractivity contribution in [3.8, 4) is 0 Å². The van der Waals surface area contributed by atoms with Crippen LogP contribution in [0, 0.1) is 5.41 Å². The summed E-state index contributed by atoms with van der Waals surface area (Å²) in [4.78, 5) is 60.5. The zero-order valence-corrected chi connectivity index (χ0v) is 24.4. The molecule has 3 unspecified atom stereocenters. The van der Waals surface area contributed by atoms with E-state index in [2.05, 4.69) is 21.3 Å². The van der Waals surface area contributed by atoms with E-state index < -0.39 is 53.6 Å². The highest BCUT2D eigenvalue weighted by atomic mass is 19.4. The Labute approximate surface area is 239 Å². The van der Waals surface area contributed by atoms with Crippen LogP contribution < -0.4 is 21.3 Å². The van der Waals surface area contributed by atoms with Gasteiger partial charge < -0.3 is 21.3 Å². The Morgan fingerprint density at radius 3 is 2.02 bits per heavy atom. The molecular formula is C29H43F3N4O5. The van der Waals surface area contributed by atoms with Crippen LogP contribution >= 0.6 is 0 Å². The van der Waals surface area contributed by atoms with E-state index in [0.29, 0.717) is 6.54 Å². The number of aldehydes is 1. The first-order valence-electron chi connectivity index (χ1n) is 13.8. The Morgan fingerprint density at radius 1 is 0.976 bits per heavy atom. The maximum Gasteiger partial charge on any atom is 0.396 e. The van der Waals surface area contributed by atoms with Crippen LogP contribution in [0.1, 0.15) is 77.7 Å². The lowest BCUT2D eigenvalue weighted by Crippen LogP contribution is -2.53. The number of carbonyl (C=O) groups is 5. The molecule has 4 N–H and O–H groups in total. The van der Waals surface area contributed by atoms with E-state index in [0.717, 1.165) is 6.04 Å². The number of carbonyl (C=O) groups excluding carboxylic acids is 5. The zero-order valence-electron chi connectivity index (χ0n) is 24.4. The highest BCUT2D eigenvalue weighted by Crippen LogP contribution is 2.37. The number of rotatable bonds is 14. The van der Waals surface area contributed by atoms with Gasteiger partial charge in [0.2, 0.25) is 23.5 Å². The first-order chi connectivity index (χ1) is 19.1. The molecule has 0 spiro atoms. The smallest absolute Gasteiger partial charge is 0.356 e. The molecule has 1 aliphatic carbocycles. The molecule has 41 heavy (non-hydrogen) atoms. The largest absolute Gasteiger partial charge is 0.396 e. The summed E-state index contributed by atoms with van der Waals surface area (Å²) < 4.78 is 41.0. The zero-order chi connectivity index (χ0) is 31.2. The summed E-state index contributed by atoms with van der Waals surface area (Å²) >= 11 is 0. The number of hydrogen-bond donors (Lipinski definition) is 4. The summed E-state index contributed by atoms with van der Waals surface area (Å²) in [6.07, 6.45) is -3.06. The number of nitrogens with one attached hydrogen (secondary N) is 4. The lowest BCUT2D eigenvalue weighted by atomic mass is 9.87. The predicted octanol–water partition coefficient (Wildman–Crippen LogP) is 3.18. The van der Waals surface area contributed by atoms with Crippen molar-refractivity contribution in [1.82, 2.24) is 21.3 Å². The predicted molar refractivity (Wildman–Crippen MR) is 149 cm³/mol. The maximum atomic E-state index is 13.7. The second-order valence-electron chi connectivity index (χ2n) is 11.2. The molecule has 1 saturated carbocycles. The normalized spacial score (nSPS) is 15.3. The number of alkyl halides is 3. The van der Waals surface area contributed by atoms with E-state index in [-0.39, 0.29) is 37.0 Å².